The second-order valence-electron chi connectivity index (χ2n) is 21.5. The van der Waals surface area contributed by atoms with Gasteiger partial charge in [0.1, 0.15) is 13.2 Å². The molecule has 0 fully saturated rings. The van der Waals surface area contributed by atoms with Gasteiger partial charge in [0.05, 0.1) is 0 Å². The van der Waals surface area contributed by atoms with Crippen molar-refractivity contribution in [1.82, 2.24) is 0 Å². The van der Waals surface area contributed by atoms with Gasteiger partial charge in [0.15, 0.2) is 6.10 Å². The summed E-state index contributed by atoms with van der Waals surface area (Å²) in [5, 5.41) is 0. The van der Waals surface area contributed by atoms with E-state index in [0.717, 1.165) is 75.5 Å². The molecule has 2 atom stereocenters. The fraction of sp³-hybridized carbons (Fsp3) is 0.949. The Balaban J connectivity index is 4.20. The van der Waals surface area contributed by atoms with Gasteiger partial charge in [-0.15, -0.1) is 0 Å². The highest BCUT2D eigenvalue weighted by Gasteiger charge is 2.19. The molecule has 0 aromatic heterocycles. The van der Waals surface area contributed by atoms with E-state index >= 15 is 0 Å². The first-order chi connectivity index (χ1) is 31.6. The zero-order valence-electron chi connectivity index (χ0n) is 44.8. The van der Waals surface area contributed by atoms with Crippen molar-refractivity contribution in [3.8, 4) is 0 Å². The lowest BCUT2D eigenvalue weighted by Crippen LogP contribution is -2.30. The van der Waals surface area contributed by atoms with Gasteiger partial charge in [-0.3, -0.25) is 14.4 Å². The van der Waals surface area contributed by atoms with Crippen LogP contribution in [0.3, 0.4) is 0 Å². The van der Waals surface area contributed by atoms with Crippen LogP contribution in [-0.2, 0) is 28.6 Å². The fourth-order valence-electron chi connectivity index (χ4n) is 8.97. The Morgan fingerprint density at radius 1 is 0.308 bits per heavy atom. The van der Waals surface area contributed by atoms with E-state index in [1.54, 1.807) is 0 Å². The van der Waals surface area contributed by atoms with Gasteiger partial charge in [-0.2, -0.15) is 0 Å². The molecule has 0 saturated heterocycles. The number of ether oxygens (including phenoxy) is 3. The van der Waals surface area contributed by atoms with Crippen molar-refractivity contribution in [2.75, 3.05) is 13.2 Å². The highest BCUT2D eigenvalue weighted by molar-refractivity contribution is 5.71. The standard InChI is InChI=1S/C59H114O6/c1-7-55(6)47-41-35-29-22-18-14-12-10-8-9-11-13-15-19-23-30-36-42-48-57(60)63-51-56(65-59(62)50-44-38-32-26-25-28-34-40-46-54(4)5)52-64-58(61)49-43-37-31-24-20-16-17-21-27-33-39-45-53(2)3/h53-56H,7-52H2,1-6H3/t55?,56-/m1/s1. The summed E-state index contributed by atoms with van der Waals surface area (Å²) in [4.78, 5) is 38.1. The molecule has 0 rings (SSSR count). The van der Waals surface area contributed by atoms with E-state index in [4.69, 9.17) is 14.2 Å². The van der Waals surface area contributed by atoms with Crippen molar-refractivity contribution in [2.45, 2.75) is 330 Å². The normalized spacial score (nSPS) is 12.6. The largest absolute Gasteiger partial charge is 0.462 e. The van der Waals surface area contributed by atoms with Crippen molar-refractivity contribution in [3.05, 3.63) is 0 Å². The third-order valence-electron chi connectivity index (χ3n) is 13.8. The lowest BCUT2D eigenvalue weighted by atomic mass is 9.99. The van der Waals surface area contributed by atoms with Crippen LogP contribution in [-0.4, -0.2) is 37.2 Å². The monoisotopic (exact) mass is 919 g/mol. The van der Waals surface area contributed by atoms with Crippen LogP contribution in [0.5, 0.6) is 0 Å². The molecule has 0 amide bonds. The summed E-state index contributed by atoms with van der Waals surface area (Å²) in [6.45, 7) is 13.8. The molecule has 0 saturated carbocycles. The van der Waals surface area contributed by atoms with Crippen molar-refractivity contribution < 1.29 is 28.6 Å². The number of unbranched alkanes of at least 4 members (excludes halogenated alkanes) is 34. The van der Waals surface area contributed by atoms with Crippen molar-refractivity contribution in [3.63, 3.8) is 0 Å². The Hall–Kier alpha value is -1.59. The molecular weight excluding hydrogens is 805 g/mol. The lowest BCUT2D eigenvalue weighted by Gasteiger charge is -2.18. The minimum Gasteiger partial charge on any atom is -0.462 e. The van der Waals surface area contributed by atoms with Gasteiger partial charge in [-0.1, -0.05) is 286 Å². The predicted molar refractivity (Wildman–Crippen MR) is 279 cm³/mol. The van der Waals surface area contributed by atoms with Crippen LogP contribution < -0.4 is 0 Å². The number of carbonyl (C=O) groups excluding carboxylic acids is 3. The Kier molecular flexibility index (Phi) is 49.1. The minimum atomic E-state index is -0.764. The number of carbonyl (C=O) groups is 3. The molecule has 0 spiro atoms. The highest BCUT2D eigenvalue weighted by Crippen LogP contribution is 2.19. The molecule has 6 nitrogen and oxygen atoms in total. The molecule has 0 bridgehead atoms. The molecule has 0 aromatic carbocycles. The number of hydrogen-bond donors (Lipinski definition) is 0. The van der Waals surface area contributed by atoms with Gasteiger partial charge in [-0.05, 0) is 37.0 Å². The molecule has 0 aliphatic rings. The maximum atomic E-state index is 12.8. The average Bonchev–Trinajstić information content (AvgIpc) is 3.28. The van der Waals surface area contributed by atoms with Gasteiger partial charge in [0.2, 0.25) is 0 Å². The third kappa shape index (κ3) is 51.6. The first-order valence-corrected chi connectivity index (χ1v) is 29.1. The van der Waals surface area contributed by atoms with Gasteiger partial charge < -0.3 is 14.2 Å². The van der Waals surface area contributed by atoms with E-state index in [1.807, 2.05) is 0 Å². The second-order valence-corrected chi connectivity index (χ2v) is 21.5. The molecular formula is C59H114O6. The number of esters is 3. The van der Waals surface area contributed by atoms with E-state index < -0.39 is 6.10 Å². The van der Waals surface area contributed by atoms with Gasteiger partial charge in [0, 0.05) is 19.3 Å². The SMILES string of the molecule is CCC(C)CCCCCCCCCCCCCCCCCCCCC(=O)OC[C@H](COC(=O)CCCCCCCCCCCCCC(C)C)OC(=O)CCCCCCCCCCC(C)C. The molecule has 65 heavy (non-hydrogen) atoms. The predicted octanol–water partition coefficient (Wildman–Crippen LogP) is 19.1. The van der Waals surface area contributed by atoms with E-state index in [1.165, 1.54) is 205 Å². The molecule has 1 unspecified atom stereocenters. The molecule has 0 aliphatic carbocycles. The molecule has 0 radical (unpaired) electrons. The van der Waals surface area contributed by atoms with Crippen LogP contribution in [0.15, 0.2) is 0 Å². The summed E-state index contributed by atoms with van der Waals surface area (Å²) in [5.41, 5.74) is 0. The smallest absolute Gasteiger partial charge is 0.306 e. The first-order valence-electron chi connectivity index (χ1n) is 29.1. The Labute approximate surface area is 406 Å². The zero-order chi connectivity index (χ0) is 47.7. The topological polar surface area (TPSA) is 78.9 Å². The number of rotatable bonds is 52. The maximum absolute atomic E-state index is 12.8. The summed E-state index contributed by atoms with van der Waals surface area (Å²) in [5.74, 6) is 1.68. The Bertz CT molecular complexity index is 1010. The summed E-state index contributed by atoms with van der Waals surface area (Å²) in [7, 11) is 0. The minimum absolute atomic E-state index is 0.0641. The molecule has 386 valence electrons. The zero-order valence-corrected chi connectivity index (χ0v) is 44.8. The van der Waals surface area contributed by atoms with E-state index in [0.29, 0.717) is 19.3 Å². The average molecular weight is 920 g/mol. The molecule has 0 aromatic rings. The molecule has 0 heterocycles. The number of hydrogen-bond acceptors (Lipinski definition) is 6. The van der Waals surface area contributed by atoms with Crippen LogP contribution in [0.1, 0.15) is 324 Å². The Morgan fingerprint density at radius 2 is 0.538 bits per heavy atom. The van der Waals surface area contributed by atoms with Crippen molar-refractivity contribution in [2.24, 2.45) is 17.8 Å². The van der Waals surface area contributed by atoms with Crippen LogP contribution in [0.25, 0.3) is 0 Å². The van der Waals surface area contributed by atoms with E-state index in [9.17, 15) is 14.4 Å². The molecule has 0 aliphatic heterocycles. The van der Waals surface area contributed by atoms with Crippen LogP contribution >= 0.6 is 0 Å². The molecule has 6 heteroatoms. The van der Waals surface area contributed by atoms with E-state index in [-0.39, 0.29) is 31.1 Å². The summed E-state index contributed by atoms with van der Waals surface area (Å²) < 4.78 is 16.9. The second kappa shape index (κ2) is 50.3. The van der Waals surface area contributed by atoms with Crippen LogP contribution in [0.2, 0.25) is 0 Å². The summed E-state index contributed by atoms with van der Waals surface area (Å²) in [6.07, 6.45) is 52.4. The van der Waals surface area contributed by atoms with Crippen LogP contribution in [0.4, 0.5) is 0 Å². The molecule has 0 N–H and O–H groups in total. The third-order valence-corrected chi connectivity index (χ3v) is 13.8. The van der Waals surface area contributed by atoms with Gasteiger partial charge >= 0.3 is 17.9 Å². The van der Waals surface area contributed by atoms with Gasteiger partial charge in [-0.25, -0.2) is 0 Å². The van der Waals surface area contributed by atoms with Gasteiger partial charge in [0.25, 0.3) is 0 Å². The summed E-state index contributed by atoms with van der Waals surface area (Å²) >= 11 is 0. The highest BCUT2D eigenvalue weighted by atomic mass is 16.6. The first kappa shape index (κ1) is 63.4. The quantitative estimate of drug-likeness (QED) is 0.0344. The van der Waals surface area contributed by atoms with E-state index in [2.05, 4.69) is 41.5 Å². The van der Waals surface area contributed by atoms with Crippen molar-refractivity contribution in [1.29, 1.82) is 0 Å². The maximum Gasteiger partial charge on any atom is 0.306 e. The summed E-state index contributed by atoms with van der Waals surface area (Å²) in [6, 6.07) is 0. The van der Waals surface area contributed by atoms with Crippen LogP contribution in [0, 0.1) is 17.8 Å². The lowest BCUT2D eigenvalue weighted by molar-refractivity contribution is -0.167. The Morgan fingerprint density at radius 3 is 0.800 bits per heavy atom. The fourth-order valence-corrected chi connectivity index (χ4v) is 8.97. The van der Waals surface area contributed by atoms with Crippen molar-refractivity contribution >= 4 is 17.9 Å².